The lowest BCUT2D eigenvalue weighted by Crippen LogP contribution is -2.34. The topological polar surface area (TPSA) is 32.3 Å². The molecule has 2 unspecified atom stereocenters. The molecule has 0 saturated heterocycles. The third-order valence-corrected chi connectivity index (χ3v) is 3.94. The van der Waals surface area contributed by atoms with Crippen molar-refractivity contribution in [2.24, 2.45) is 5.92 Å². The third kappa shape index (κ3) is 4.43. The average molecular weight is 247 g/mol. The van der Waals surface area contributed by atoms with E-state index in [1.54, 1.807) is 0 Å². The van der Waals surface area contributed by atoms with Gasteiger partial charge in [0.2, 0.25) is 0 Å². The monoisotopic (exact) mass is 247 g/mol. The lowest BCUT2D eigenvalue weighted by Gasteiger charge is -2.27. The Morgan fingerprint density at radius 2 is 1.89 bits per heavy atom. The number of hydrogen-bond donors (Lipinski definition) is 2. The van der Waals surface area contributed by atoms with Gasteiger partial charge in [-0.2, -0.15) is 0 Å². The molecule has 100 valence electrons. The maximum Gasteiger partial charge on any atom is 0.0580 e. The van der Waals surface area contributed by atoms with E-state index >= 15 is 0 Å². The fourth-order valence-corrected chi connectivity index (χ4v) is 2.78. The van der Waals surface area contributed by atoms with Crippen molar-refractivity contribution in [1.82, 2.24) is 5.32 Å². The highest BCUT2D eigenvalue weighted by Crippen LogP contribution is 2.23. The highest BCUT2D eigenvalue weighted by atomic mass is 16.3. The Labute approximate surface area is 110 Å². The average Bonchev–Trinajstić information content (AvgIpc) is 2.42. The number of aryl methyl sites for hydroxylation is 1. The number of hydrogen-bond acceptors (Lipinski definition) is 2. The molecule has 0 heterocycles. The molecule has 1 fully saturated rings. The summed E-state index contributed by atoms with van der Waals surface area (Å²) in [6.45, 7) is 2.04. The van der Waals surface area contributed by atoms with E-state index in [1.807, 2.05) is 0 Å². The summed E-state index contributed by atoms with van der Waals surface area (Å²) in [4.78, 5) is 0. The molecule has 2 rings (SSSR count). The summed E-state index contributed by atoms with van der Waals surface area (Å²) in [6, 6.07) is 10.6. The molecule has 0 aromatic heterocycles. The van der Waals surface area contributed by atoms with Crippen molar-refractivity contribution in [1.29, 1.82) is 0 Å². The van der Waals surface area contributed by atoms with E-state index in [4.69, 9.17) is 0 Å². The van der Waals surface area contributed by atoms with Crippen LogP contribution in [0.1, 0.15) is 37.7 Å². The van der Waals surface area contributed by atoms with Gasteiger partial charge in [-0.15, -0.1) is 0 Å². The minimum Gasteiger partial charge on any atom is -0.393 e. The van der Waals surface area contributed by atoms with Crippen LogP contribution in [0.4, 0.5) is 0 Å². The molecule has 1 aliphatic rings. The van der Waals surface area contributed by atoms with Gasteiger partial charge in [0, 0.05) is 6.54 Å². The summed E-state index contributed by atoms with van der Waals surface area (Å²) < 4.78 is 0. The van der Waals surface area contributed by atoms with Crippen LogP contribution in [0.15, 0.2) is 30.3 Å². The smallest absolute Gasteiger partial charge is 0.0580 e. The molecule has 1 aliphatic carbocycles. The number of rotatable bonds is 6. The van der Waals surface area contributed by atoms with Crippen LogP contribution in [0.3, 0.4) is 0 Å². The fourth-order valence-electron chi connectivity index (χ4n) is 2.78. The molecule has 0 aliphatic heterocycles. The van der Waals surface area contributed by atoms with Crippen molar-refractivity contribution in [3.8, 4) is 0 Å². The summed E-state index contributed by atoms with van der Waals surface area (Å²) >= 11 is 0. The predicted octanol–water partition coefficient (Wildman–Crippen LogP) is 2.76. The first-order valence-electron chi connectivity index (χ1n) is 7.29. The molecule has 18 heavy (non-hydrogen) atoms. The molecule has 2 nitrogen and oxygen atoms in total. The largest absolute Gasteiger partial charge is 0.393 e. The van der Waals surface area contributed by atoms with Crippen LogP contribution in [0.25, 0.3) is 0 Å². The van der Waals surface area contributed by atoms with E-state index in [0.29, 0.717) is 5.92 Å². The zero-order valence-electron chi connectivity index (χ0n) is 11.1. The quantitative estimate of drug-likeness (QED) is 0.758. The van der Waals surface area contributed by atoms with Gasteiger partial charge < -0.3 is 10.4 Å². The van der Waals surface area contributed by atoms with E-state index < -0.39 is 0 Å². The first kappa shape index (κ1) is 13.6. The van der Waals surface area contributed by atoms with Gasteiger partial charge in [0.05, 0.1) is 6.10 Å². The highest BCUT2D eigenvalue weighted by molar-refractivity contribution is 5.14. The molecule has 2 N–H and O–H groups in total. The van der Waals surface area contributed by atoms with Crippen molar-refractivity contribution < 1.29 is 5.11 Å². The summed E-state index contributed by atoms with van der Waals surface area (Å²) in [5.74, 6) is 0.482. The van der Waals surface area contributed by atoms with E-state index in [0.717, 1.165) is 25.9 Å². The van der Waals surface area contributed by atoms with Crippen LogP contribution in [0.2, 0.25) is 0 Å². The second-order valence-electron chi connectivity index (χ2n) is 5.41. The zero-order chi connectivity index (χ0) is 12.6. The van der Waals surface area contributed by atoms with Gasteiger partial charge in [-0.05, 0) is 43.7 Å². The summed E-state index contributed by atoms with van der Waals surface area (Å²) in [7, 11) is 0. The van der Waals surface area contributed by atoms with Crippen molar-refractivity contribution in [2.75, 3.05) is 13.1 Å². The van der Waals surface area contributed by atoms with Crippen molar-refractivity contribution in [3.63, 3.8) is 0 Å². The lowest BCUT2D eigenvalue weighted by molar-refractivity contribution is 0.0697. The van der Waals surface area contributed by atoms with E-state index in [-0.39, 0.29) is 6.10 Å². The Hall–Kier alpha value is -0.860. The molecule has 0 bridgehead atoms. The molecule has 0 spiro atoms. The molecule has 1 aromatic carbocycles. The zero-order valence-corrected chi connectivity index (χ0v) is 11.1. The molecule has 2 heteroatoms. The Morgan fingerprint density at radius 1 is 1.11 bits per heavy atom. The number of benzene rings is 1. The van der Waals surface area contributed by atoms with Gasteiger partial charge in [0.25, 0.3) is 0 Å². The van der Waals surface area contributed by atoms with Gasteiger partial charge in [0.1, 0.15) is 0 Å². The van der Waals surface area contributed by atoms with E-state index in [9.17, 15) is 5.11 Å². The number of aliphatic hydroxyl groups is 1. The Balaban J connectivity index is 1.56. The Morgan fingerprint density at radius 3 is 2.67 bits per heavy atom. The van der Waals surface area contributed by atoms with Gasteiger partial charge in [-0.1, -0.05) is 43.2 Å². The van der Waals surface area contributed by atoms with Crippen LogP contribution < -0.4 is 5.32 Å². The minimum absolute atomic E-state index is 0.0691. The van der Waals surface area contributed by atoms with Crippen molar-refractivity contribution in [3.05, 3.63) is 35.9 Å². The third-order valence-electron chi connectivity index (χ3n) is 3.94. The summed E-state index contributed by atoms with van der Waals surface area (Å²) in [5, 5.41) is 13.4. The maximum atomic E-state index is 9.86. The summed E-state index contributed by atoms with van der Waals surface area (Å²) in [6.07, 6.45) is 6.91. The SMILES string of the molecule is OC1CCCCC1CNCCCc1ccccc1. The molecule has 2 atom stereocenters. The maximum absolute atomic E-state index is 9.86. The second-order valence-corrected chi connectivity index (χ2v) is 5.41. The molecule has 1 aromatic rings. The first-order chi connectivity index (χ1) is 8.86. The summed E-state index contributed by atoms with van der Waals surface area (Å²) in [5.41, 5.74) is 1.41. The van der Waals surface area contributed by atoms with Crippen LogP contribution in [0.5, 0.6) is 0 Å². The second kappa shape index (κ2) is 7.55. The van der Waals surface area contributed by atoms with Crippen LogP contribution in [0, 0.1) is 5.92 Å². The lowest BCUT2D eigenvalue weighted by atomic mass is 9.86. The normalized spacial score (nSPS) is 24.1. The Bertz CT molecular complexity index is 325. The first-order valence-corrected chi connectivity index (χ1v) is 7.29. The van der Waals surface area contributed by atoms with Gasteiger partial charge in [-0.25, -0.2) is 0 Å². The van der Waals surface area contributed by atoms with Crippen LogP contribution in [-0.2, 0) is 6.42 Å². The number of nitrogens with one attached hydrogen (secondary N) is 1. The predicted molar refractivity (Wildman–Crippen MR) is 75.6 cm³/mol. The van der Waals surface area contributed by atoms with E-state index in [2.05, 4.69) is 35.6 Å². The van der Waals surface area contributed by atoms with Crippen molar-refractivity contribution in [2.45, 2.75) is 44.6 Å². The van der Waals surface area contributed by atoms with Gasteiger partial charge in [0.15, 0.2) is 0 Å². The molecular formula is C16H25NO. The van der Waals surface area contributed by atoms with Crippen molar-refractivity contribution >= 4 is 0 Å². The molecule has 1 saturated carbocycles. The van der Waals surface area contributed by atoms with E-state index in [1.165, 1.54) is 31.2 Å². The minimum atomic E-state index is -0.0691. The Kier molecular flexibility index (Phi) is 5.69. The van der Waals surface area contributed by atoms with Crippen LogP contribution in [-0.4, -0.2) is 24.3 Å². The van der Waals surface area contributed by atoms with Crippen LogP contribution >= 0.6 is 0 Å². The molecule has 0 radical (unpaired) electrons. The highest BCUT2D eigenvalue weighted by Gasteiger charge is 2.21. The fraction of sp³-hybridized carbons (Fsp3) is 0.625. The number of aliphatic hydroxyl groups excluding tert-OH is 1. The standard InChI is InChI=1S/C16H25NO/c18-16-11-5-4-10-15(16)13-17-12-6-9-14-7-2-1-3-8-14/h1-3,7-8,15-18H,4-6,9-13H2. The van der Waals surface area contributed by atoms with Gasteiger partial charge >= 0.3 is 0 Å². The molecular weight excluding hydrogens is 222 g/mol. The van der Waals surface area contributed by atoms with Gasteiger partial charge in [-0.3, -0.25) is 0 Å². The molecule has 0 amide bonds.